The summed E-state index contributed by atoms with van der Waals surface area (Å²) in [7, 11) is 0. The largest absolute Gasteiger partial charge is 0.388 e. The Labute approximate surface area is 162 Å². The predicted molar refractivity (Wildman–Crippen MR) is 103 cm³/mol. The Balaban J connectivity index is 1.84. The Morgan fingerprint density at radius 2 is 2.22 bits per heavy atom. The van der Waals surface area contributed by atoms with Crippen molar-refractivity contribution in [1.29, 1.82) is 0 Å². The van der Waals surface area contributed by atoms with Gasteiger partial charge in [0.15, 0.2) is 0 Å². The van der Waals surface area contributed by atoms with E-state index in [-0.39, 0.29) is 28.8 Å². The maximum Gasteiger partial charge on any atom is 0.234 e. The smallest absolute Gasteiger partial charge is 0.234 e. The molecule has 2 aromatic rings. The van der Waals surface area contributed by atoms with Crippen LogP contribution in [0.1, 0.15) is 44.8 Å². The van der Waals surface area contributed by atoms with Crippen molar-refractivity contribution in [2.75, 3.05) is 13.1 Å². The second-order valence-corrected chi connectivity index (χ2v) is 8.09. The van der Waals surface area contributed by atoms with Crippen molar-refractivity contribution in [1.82, 2.24) is 15.1 Å². The zero-order valence-corrected chi connectivity index (χ0v) is 16.2. The topological polar surface area (TPSA) is 69.2 Å². The molecule has 1 aromatic heterocycles. The van der Waals surface area contributed by atoms with Gasteiger partial charge in [0.25, 0.3) is 0 Å². The lowest BCUT2D eigenvalue weighted by Crippen LogP contribution is -2.43. The van der Waals surface area contributed by atoms with E-state index in [2.05, 4.69) is 16.1 Å². The minimum atomic E-state index is -1.07. The maximum absolute atomic E-state index is 14.8. The van der Waals surface area contributed by atoms with E-state index in [9.17, 15) is 14.3 Å². The fourth-order valence-electron chi connectivity index (χ4n) is 3.98. The van der Waals surface area contributed by atoms with Crippen molar-refractivity contribution in [2.24, 2.45) is 11.3 Å². The second kappa shape index (κ2) is 7.49. The van der Waals surface area contributed by atoms with Crippen LogP contribution < -0.4 is 0 Å². The van der Waals surface area contributed by atoms with E-state index in [0.29, 0.717) is 36.8 Å². The van der Waals surface area contributed by atoms with Crippen molar-refractivity contribution >= 4 is 28.4 Å². The molecule has 0 radical (unpaired) electrons. The molecule has 144 valence electrons. The minimum Gasteiger partial charge on any atom is -0.388 e. The average molecular weight is 392 g/mol. The Kier molecular flexibility index (Phi) is 5.45. The van der Waals surface area contributed by atoms with Crippen LogP contribution in [0.15, 0.2) is 12.3 Å². The molecule has 1 fully saturated rings. The third kappa shape index (κ3) is 3.54. The number of benzene rings is 1. The number of fused-ring (bicyclic) bond motifs is 1. The summed E-state index contributed by atoms with van der Waals surface area (Å²) in [5.74, 6) is 1.81. The van der Waals surface area contributed by atoms with Crippen LogP contribution in [0.4, 0.5) is 4.39 Å². The first-order valence-corrected chi connectivity index (χ1v) is 9.35. The number of H-pyrrole nitrogens is 1. The first kappa shape index (κ1) is 19.7. The molecule has 1 aromatic carbocycles. The molecular weight excluding hydrogens is 369 g/mol. The number of aromatic nitrogens is 2. The number of hydrogen-bond acceptors (Lipinski definition) is 3. The van der Waals surface area contributed by atoms with Gasteiger partial charge < -0.3 is 10.0 Å². The third-order valence-corrected chi connectivity index (χ3v) is 6.07. The summed E-state index contributed by atoms with van der Waals surface area (Å²) in [6.45, 7) is 5.01. The molecular formula is C20H23ClFN3O2. The number of nitrogens with one attached hydrogen (secondary N) is 1. The van der Waals surface area contributed by atoms with Gasteiger partial charge in [-0.05, 0) is 30.2 Å². The van der Waals surface area contributed by atoms with E-state index in [1.807, 2.05) is 13.8 Å². The van der Waals surface area contributed by atoms with Gasteiger partial charge >= 0.3 is 0 Å². The monoisotopic (exact) mass is 391 g/mol. The Hall–Kier alpha value is -2.10. The molecule has 1 atom stereocenters. The number of hydrogen-bond donors (Lipinski definition) is 2. The lowest BCUT2D eigenvalue weighted by atomic mass is 9.68. The molecule has 0 saturated carbocycles. The third-order valence-electron chi connectivity index (χ3n) is 5.80. The van der Waals surface area contributed by atoms with Gasteiger partial charge in [0.05, 0.1) is 29.3 Å². The fraction of sp³-hybridized carbons (Fsp3) is 0.500. The van der Waals surface area contributed by atoms with Crippen LogP contribution in [0.3, 0.4) is 0 Å². The summed E-state index contributed by atoms with van der Waals surface area (Å²) < 4.78 is 14.8. The van der Waals surface area contributed by atoms with Crippen molar-refractivity contribution in [2.45, 2.75) is 39.2 Å². The van der Waals surface area contributed by atoms with Crippen molar-refractivity contribution < 1.29 is 14.3 Å². The molecule has 0 bridgehead atoms. The maximum atomic E-state index is 14.8. The number of halogens is 2. The summed E-state index contributed by atoms with van der Waals surface area (Å²) in [4.78, 5) is 13.7. The van der Waals surface area contributed by atoms with Crippen LogP contribution in [-0.2, 0) is 4.79 Å². The van der Waals surface area contributed by atoms with Crippen LogP contribution in [0, 0.1) is 29.5 Å². The Morgan fingerprint density at radius 3 is 2.85 bits per heavy atom. The number of rotatable bonds is 4. The lowest BCUT2D eigenvalue weighted by molar-refractivity contribution is -0.132. The van der Waals surface area contributed by atoms with E-state index >= 15 is 0 Å². The SMILES string of the molecule is C#CCC(=O)N1CCC(C(C)(C)[C@H](O)c2c(F)c(Cl)cc3cn[nH]c23)CC1. The van der Waals surface area contributed by atoms with E-state index in [1.165, 1.54) is 6.07 Å². The Morgan fingerprint density at radius 1 is 1.56 bits per heavy atom. The average Bonchev–Trinajstić information content (AvgIpc) is 3.10. The first-order valence-electron chi connectivity index (χ1n) is 8.97. The standard InChI is InChI=1S/C20H23ClFN3O2/c1-4-5-15(26)25-8-6-13(7-9-25)20(2,3)19(27)16-17(22)14(21)10-12-11-23-24-18(12)16/h1,10-11,13,19,27H,5-9H2,2-3H3,(H,23,24)/t19-/m1/s1. The molecule has 3 rings (SSSR count). The molecule has 0 aliphatic carbocycles. The number of aliphatic hydroxyl groups is 1. The van der Waals surface area contributed by atoms with Crippen molar-refractivity contribution in [3.63, 3.8) is 0 Å². The highest BCUT2D eigenvalue weighted by Gasteiger charge is 2.41. The number of likely N-dealkylation sites (tertiary alicyclic amines) is 1. The number of terminal acetylenes is 1. The van der Waals surface area contributed by atoms with Crippen molar-refractivity contribution in [3.05, 3.63) is 28.7 Å². The van der Waals surface area contributed by atoms with Gasteiger partial charge in [-0.1, -0.05) is 31.4 Å². The molecule has 1 saturated heterocycles. The first-order chi connectivity index (χ1) is 12.8. The van der Waals surface area contributed by atoms with Crippen molar-refractivity contribution in [3.8, 4) is 12.3 Å². The number of aliphatic hydroxyl groups excluding tert-OH is 1. The molecule has 2 heterocycles. The molecule has 1 aliphatic rings. The molecule has 1 aliphatic heterocycles. The van der Waals surface area contributed by atoms with Gasteiger partial charge in [-0.2, -0.15) is 5.10 Å². The highest BCUT2D eigenvalue weighted by molar-refractivity contribution is 6.31. The summed E-state index contributed by atoms with van der Waals surface area (Å²) in [6.07, 6.45) is 7.23. The van der Waals surface area contributed by atoms with Crippen LogP contribution in [0.25, 0.3) is 10.9 Å². The van der Waals surface area contributed by atoms with Gasteiger partial charge in [0, 0.05) is 24.0 Å². The highest BCUT2D eigenvalue weighted by atomic mass is 35.5. The van der Waals surface area contributed by atoms with Gasteiger partial charge in [0.2, 0.25) is 5.91 Å². The predicted octanol–water partition coefficient (Wildman–Crippen LogP) is 3.68. The molecule has 1 amide bonds. The van der Waals surface area contributed by atoms with Crippen LogP contribution >= 0.6 is 11.6 Å². The molecule has 0 unspecified atom stereocenters. The summed E-state index contributed by atoms with van der Waals surface area (Å²) in [6, 6.07) is 1.49. The Bertz CT molecular complexity index is 894. The molecule has 0 spiro atoms. The summed E-state index contributed by atoms with van der Waals surface area (Å²) in [5.41, 5.74) is -0.0184. The quantitative estimate of drug-likeness (QED) is 0.781. The number of nitrogens with zero attached hydrogens (tertiary/aromatic N) is 2. The summed E-state index contributed by atoms with van der Waals surface area (Å²) >= 11 is 6.03. The van der Waals surface area contributed by atoms with Crippen LogP contribution in [0.5, 0.6) is 0 Å². The minimum absolute atomic E-state index is 0.0385. The van der Waals surface area contributed by atoms with Crippen LogP contribution in [0.2, 0.25) is 5.02 Å². The van der Waals surface area contributed by atoms with Gasteiger partial charge in [0.1, 0.15) is 5.82 Å². The number of carbonyl (C=O) groups is 1. The molecule has 2 N–H and O–H groups in total. The molecule has 5 nitrogen and oxygen atoms in total. The second-order valence-electron chi connectivity index (χ2n) is 7.68. The fourth-order valence-corrected chi connectivity index (χ4v) is 4.20. The van der Waals surface area contributed by atoms with E-state index < -0.39 is 17.3 Å². The summed E-state index contributed by atoms with van der Waals surface area (Å²) in [5, 5.41) is 18.5. The van der Waals surface area contributed by atoms with Gasteiger partial charge in [-0.15, -0.1) is 6.42 Å². The highest BCUT2D eigenvalue weighted by Crippen LogP contribution is 2.47. The zero-order valence-electron chi connectivity index (χ0n) is 15.4. The number of piperidine rings is 1. The molecule has 27 heavy (non-hydrogen) atoms. The molecule has 7 heteroatoms. The van der Waals surface area contributed by atoms with Gasteiger partial charge in [-0.3, -0.25) is 9.89 Å². The normalized spacial score (nSPS) is 17.1. The van der Waals surface area contributed by atoms with E-state index in [0.717, 1.165) is 0 Å². The van der Waals surface area contributed by atoms with E-state index in [4.69, 9.17) is 18.0 Å². The van der Waals surface area contributed by atoms with E-state index in [1.54, 1.807) is 11.1 Å². The van der Waals surface area contributed by atoms with Crippen LogP contribution in [-0.4, -0.2) is 39.2 Å². The zero-order chi connectivity index (χ0) is 19.8. The lowest BCUT2D eigenvalue weighted by Gasteiger charge is -2.43. The van der Waals surface area contributed by atoms with Gasteiger partial charge in [-0.25, -0.2) is 4.39 Å². The number of amides is 1. The number of carbonyl (C=O) groups excluding carboxylic acids is 1. The number of aromatic amines is 1.